The third kappa shape index (κ3) is 2.64. The first-order valence-corrected chi connectivity index (χ1v) is 5.84. The van der Waals surface area contributed by atoms with Gasteiger partial charge in [0.1, 0.15) is 5.82 Å². The number of benzene rings is 1. The monoisotopic (exact) mass is 230 g/mol. The molecule has 0 amide bonds. The highest BCUT2D eigenvalue weighted by Crippen LogP contribution is 2.20. The van der Waals surface area contributed by atoms with Crippen LogP contribution in [0.25, 0.3) is 11.4 Å². The van der Waals surface area contributed by atoms with Crippen molar-refractivity contribution in [1.29, 1.82) is 0 Å². The maximum absolute atomic E-state index is 5.79. The van der Waals surface area contributed by atoms with Gasteiger partial charge >= 0.3 is 0 Å². The molecular weight excluding hydrogens is 212 g/mol. The lowest BCUT2D eigenvalue weighted by atomic mass is 10.1. The van der Waals surface area contributed by atoms with Crippen LogP contribution in [0.5, 0.6) is 0 Å². The molecular formula is C13H18N4. The molecule has 0 unspecified atom stereocenters. The molecule has 1 heterocycles. The lowest BCUT2D eigenvalue weighted by Gasteiger charge is -2.01. The van der Waals surface area contributed by atoms with Crippen LogP contribution < -0.4 is 5.73 Å². The summed E-state index contributed by atoms with van der Waals surface area (Å²) in [5.74, 6) is 2.25. The SMILES string of the molecule is Cc1cc(-c2n[nH]c(CC(C)C)n2)ccc1N. The van der Waals surface area contributed by atoms with Gasteiger partial charge in [0.2, 0.25) is 0 Å². The Morgan fingerprint density at radius 2 is 2.12 bits per heavy atom. The van der Waals surface area contributed by atoms with Crippen LogP contribution in [0.15, 0.2) is 18.2 Å². The highest BCUT2D eigenvalue weighted by Gasteiger charge is 2.08. The summed E-state index contributed by atoms with van der Waals surface area (Å²) in [5.41, 5.74) is 8.64. The second-order valence-electron chi connectivity index (χ2n) is 4.78. The summed E-state index contributed by atoms with van der Waals surface area (Å²) in [6.07, 6.45) is 0.918. The molecule has 0 aliphatic rings. The molecule has 0 radical (unpaired) electrons. The second kappa shape index (κ2) is 4.57. The van der Waals surface area contributed by atoms with Crippen LogP contribution in [0.1, 0.15) is 25.2 Å². The van der Waals surface area contributed by atoms with Crippen LogP contribution in [0.4, 0.5) is 5.69 Å². The highest BCUT2D eigenvalue weighted by atomic mass is 15.2. The average Bonchev–Trinajstić information content (AvgIpc) is 2.69. The molecule has 2 rings (SSSR count). The van der Waals surface area contributed by atoms with Crippen LogP contribution in [-0.2, 0) is 6.42 Å². The van der Waals surface area contributed by atoms with E-state index in [0.717, 1.165) is 34.9 Å². The van der Waals surface area contributed by atoms with Gasteiger partial charge in [-0.3, -0.25) is 5.10 Å². The number of nitrogens with two attached hydrogens (primary N) is 1. The maximum atomic E-state index is 5.79. The van der Waals surface area contributed by atoms with Gasteiger partial charge in [0.15, 0.2) is 5.82 Å². The van der Waals surface area contributed by atoms with E-state index in [2.05, 4.69) is 29.0 Å². The number of anilines is 1. The van der Waals surface area contributed by atoms with Crippen LogP contribution in [-0.4, -0.2) is 15.2 Å². The van der Waals surface area contributed by atoms with Gasteiger partial charge < -0.3 is 5.73 Å². The molecule has 4 heteroatoms. The van der Waals surface area contributed by atoms with E-state index in [0.29, 0.717) is 5.92 Å². The fraction of sp³-hybridized carbons (Fsp3) is 0.385. The molecule has 3 N–H and O–H groups in total. The fourth-order valence-electron chi connectivity index (χ4n) is 1.72. The first-order valence-electron chi connectivity index (χ1n) is 5.84. The van der Waals surface area contributed by atoms with Crippen molar-refractivity contribution in [3.05, 3.63) is 29.6 Å². The minimum absolute atomic E-state index is 0.573. The Morgan fingerprint density at radius 3 is 2.76 bits per heavy atom. The van der Waals surface area contributed by atoms with E-state index in [-0.39, 0.29) is 0 Å². The number of aromatic amines is 1. The van der Waals surface area contributed by atoms with E-state index >= 15 is 0 Å². The number of nitrogen functional groups attached to an aromatic ring is 1. The quantitative estimate of drug-likeness (QED) is 0.796. The van der Waals surface area contributed by atoms with Gasteiger partial charge in [0.25, 0.3) is 0 Å². The minimum Gasteiger partial charge on any atom is -0.399 e. The van der Waals surface area contributed by atoms with Crippen molar-refractivity contribution in [2.75, 3.05) is 5.73 Å². The summed E-state index contributed by atoms with van der Waals surface area (Å²) in [4.78, 5) is 4.48. The first kappa shape index (κ1) is 11.6. The van der Waals surface area contributed by atoms with Crippen LogP contribution in [0, 0.1) is 12.8 Å². The van der Waals surface area contributed by atoms with E-state index in [4.69, 9.17) is 5.73 Å². The van der Waals surface area contributed by atoms with Gasteiger partial charge in [0, 0.05) is 17.7 Å². The van der Waals surface area contributed by atoms with Gasteiger partial charge in [-0.2, -0.15) is 5.10 Å². The van der Waals surface area contributed by atoms with Crippen molar-refractivity contribution in [3.63, 3.8) is 0 Å². The number of nitrogens with one attached hydrogen (secondary N) is 1. The average molecular weight is 230 g/mol. The molecule has 0 spiro atoms. The number of H-pyrrole nitrogens is 1. The van der Waals surface area contributed by atoms with Crippen LogP contribution in [0.3, 0.4) is 0 Å². The molecule has 2 aromatic rings. The Bertz CT molecular complexity index is 514. The van der Waals surface area contributed by atoms with Gasteiger partial charge in [-0.25, -0.2) is 4.98 Å². The lowest BCUT2D eigenvalue weighted by Crippen LogP contribution is -1.96. The van der Waals surface area contributed by atoms with E-state index in [1.54, 1.807) is 0 Å². The molecule has 0 bridgehead atoms. The van der Waals surface area contributed by atoms with Crippen molar-refractivity contribution in [3.8, 4) is 11.4 Å². The molecule has 0 fully saturated rings. The zero-order valence-corrected chi connectivity index (χ0v) is 10.5. The van der Waals surface area contributed by atoms with Gasteiger partial charge in [0.05, 0.1) is 0 Å². The predicted octanol–water partition coefficient (Wildman–Crippen LogP) is 2.56. The van der Waals surface area contributed by atoms with Crippen molar-refractivity contribution in [2.24, 2.45) is 5.92 Å². The predicted molar refractivity (Wildman–Crippen MR) is 69.5 cm³/mol. The second-order valence-corrected chi connectivity index (χ2v) is 4.78. The molecule has 1 aromatic carbocycles. The number of hydrogen-bond acceptors (Lipinski definition) is 3. The molecule has 0 saturated heterocycles. The summed E-state index contributed by atoms with van der Waals surface area (Å²) >= 11 is 0. The lowest BCUT2D eigenvalue weighted by molar-refractivity contribution is 0.622. The zero-order valence-electron chi connectivity index (χ0n) is 10.5. The van der Waals surface area contributed by atoms with E-state index in [9.17, 15) is 0 Å². The molecule has 90 valence electrons. The van der Waals surface area contributed by atoms with Crippen molar-refractivity contribution < 1.29 is 0 Å². The van der Waals surface area contributed by atoms with Gasteiger partial charge in [-0.15, -0.1) is 0 Å². The van der Waals surface area contributed by atoms with Gasteiger partial charge in [-0.1, -0.05) is 13.8 Å². The summed E-state index contributed by atoms with van der Waals surface area (Å²) in [5, 5.41) is 7.21. The highest BCUT2D eigenvalue weighted by molar-refractivity contribution is 5.61. The number of rotatable bonds is 3. The topological polar surface area (TPSA) is 67.6 Å². The Balaban J connectivity index is 2.27. The summed E-state index contributed by atoms with van der Waals surface area (Å²) < 4.78 is 0. The third-order valence-corrected chi connectivity index (χ3v) is 2.66. The summed E-state index contributed by atoms with van der Waals surface area (Å²) in [7, 11) is 0. The van der Waals surface area contributed by atoms with E-state index in [1.807, 2.05) is 25.1 Å². The Morgan fingerprint density at radius 1 is 1.35 bits per heavy atom. The van der Waals surface area contributed by atoms with Crippen molar-refractivity contribution in [1.82, 2.24) is 15.2 Å². The van der Waals surface area contributed by atoms with Crippen molar-refractivity contribution >= 4 is 5.69 Å². The van der Waals surface area contributed by atoms with E-state index < -0.39 is 0 Å². The molecule has 17 heavy (non-hydrogen) atoms. The number of nitrogens with zero attached hydrogens (tertiary/aromatic N) is 2. The fourth-order valence-corrected chi connectivity index (χ4v) is 1.72. The standard InChI is InChI=1S/C13H18N4/c1-8(2)6-12-15-13(17-16-12)10-4-5-11(14)9(3)7-10/h4-5,7-8H,6,14H2,1-3H3,(H,15,16,17). The van der Waals surface area contributed by atoms with E-state index in [1.165, 1.54) is 0 Å². The smallest absolute Gasteiger partial charge is 0.181 e. The summed E-state index contributed by atoms with van der Waals surface area (Å²) in [6, 6.07) is 5.85. The molecule has 4 nitrogen and oxygen atoms in total. The molecule has 0 saturated carbocycles. The third-order valence-electron chi connectivity index (χ3n) is 2.66. The Hall–Kier alpha value is -1.84. The maximum Gasteiger partial charge on any atom is 0.181 e. The molecule has 0 aliphatic carbocycles. The Kier molecular flexibility index (Phi) is 3.13. The summed E-state index contributed by atoms with van der Waals surface area (Å²) in [6.45, 7) is 6.31. The number of aryl methyl sites for hydroxylation is 1. The molecule has 0 aliphatic heterocycles. The van der Waals surface area contributed by atoms with Crippen LogP contribution in [0.2, 0.25) is 0 Å². The van der Waals surface area contributed by atoms with Gasteiger partial charge in [-0.05, 0) is 36.6 Å². The van der Waals surface area contributed by atoms with Crippen molar-refractivity contribution in [2.45, 2.75) is 27.2 Å². The number of aromatic nitrogens is 3. The Labute approximate surface area is 101 Å². The number of hydrogen-bond donors (Lipinski definition) is 2. The minimum atomic E-state index is 0.573. The normalized spacial score (nSPS) is 11.1. The molecule has 1 aromatic heterocycles. The first-order chi connectivity index (χ1) is 8.06. The largest absolute Gasteiger partial charge is 0.399 e. The van der Waals surface area contributed by atoms with Crippen LogP contribution >= 0.6 is 0 Å². The molecule has 0 atom stereocenters. The zero-order chi connectivity index (χ0) is 12.4.